The number of tetrazole rings is 1. The smallest absolute Gasteiger partial charge is 0.235 e. The standard InChI is InChI=1S/C17H18FN5O2S/c1-12(16(24)22(2)10-13-5-3-6-14(18)9-13)26-17-19-20-21-23(17)11-15-7-4-8-25-15/h3-9,12H,10-11H2,1-2H3. The number of carbonyl (C=O) groups excluding carboxylic acids is 1. The van der Waals surface area contributed by atoms with Crippen LogP contribution >= 0.6 is 11.8 Å². The van der Waals surface area contributed by atoms with Crippen molar-refractivity contribution in [3.05, 3.63) is 59.8 Å². The van der Waals surface area contributed by atoms with Crippen molar-refractivity contribution >= 4 is 17.7 Å². The molecule has 2 aromatic heterocycles. The molecule has 0 radical (unpaired) electrons. The van der Waals surface area contributed by atoms with Crippen molar-refractivity contribution < 1.29 is 13.6 Å². The molecule has 1 unspecified atom stereocenters. The second-order valence-electron chi connectivity index (χ2n) is 5.78. The summed E-state index contributed by atoms with van der Waals surface area (Å²) in [6.07, 6.45) is 1.58. The van der Waals surface area contributed by atoms with Gasteiger partial charge in [-0.05, 0) is 47.2 Å². The predicted molar refractivity (Wildman–Crippen MR) is 93.8 cm³/mol. The fraction of sp³-hybridized carbons (Fsp3) is 0.294. The van der Waals surface area contributed by atoms with Crippen LogP contribution in [0.25, 0.3) is 0 Å². The Bertz CT molecular complexity index is 868. The average Bonchev–Trinajstić information content (AvgIpc) is 3.27. The Morgan fingerprint density at radius 2 is 2.23 bits per heavy atom. The first-order valence-electron chi connectivity index (χ1n) is 7.97. The van der Waals surface area contributed by atoms with Gasteiger partial charge in [0.2, 0.25) is 11.1 Å². The van der Waals surface area contributed by atoms with E-state index in [9.17, 15) is 9.18 Å². The van der Waals surface area contributed by atoms with Crippen LogP contribution in [-0.4, -0.2) is 43.3 Å². The molecule has 2 heterocycles. The molecule has 26 heavy (non-hydrogen) atoms. The van der Waals surface area contributed by atoms with E-state index in [1.54, 1.807) is 48.0 Å². The maximum atomic E-state index is 13.3. The molecule has 136 valence electrons. The number of amides is 1. The van der Waals surface area contributed by atoms with Crippen molar-refractivity contribution in [1.82, 2.24) is 25.1 Å². The summed E-state index contributed by atoms with van der Waals surface area (Å²) in [6.45, 7) is 2.52. The molecule has 3 rings (SSSR count). The summed E-state index contributed by atoms with van der Waals surface area (Å²) in [5.41, 5.74) is 0.737. The predicted octanol–water partition coefficient (Wildman–Crippen LogP) is 2.59. The molecule has 0 aliphatic rings. The van der Waals surface area contributed by atoms with Gasteiger partial charge in [0.1, 0.15) is 18.1 Å². The second kappa shape index (κ2) is 8.13. The van der Waals surface area contributed by atoms with Crippen LogP contribution in [0, 0.1) is 5.82 Å². The van der Waals surface area contributed by atoms with E-state index in [0.717, 1.165) is 11.3 Å². The average molecular weight is 375 g/mol. The molecule has 0 N–H and O–H groups in total. The first-order valence-corrected chi connectivity index (χ1v) is 8.85. The number of thioether (sulfide) groups is 1. The Morgan fingerprint density at radius 3 is 2.96 bits per heavy atom. The minimum atomic E-state index is -0.394. The van der Waals surface area contributed by atoms with E-state index >= 15 is 0 Å². The summed E-state index contributed by atoms with van der Waals surface area (Å²) in [6, 6.07) is 9.84. The zero-order valence-corrected chi connectivity index (χ0v) is 15.2. The number of furan rings is 1. The van der Waals surface area contributed by atoms with E-state index in [4.69, 9.17) is 4.42 Å². The van der Waals surface area contributed by atoms with Crippen LogP contribution in [0.1, 0.15) is 18.2 Å². The molecule has 7 nitrogen and oxygen atoms in total. The summed E-state index contributed by atoms with van der Waals surface area (Å²) in [5.74, 6) is 0.316. The molecule has 1 atom stereocenters. The topological polar surface area (TPSA) is 77.0 Å². The van der Waals surface area contributed by atoms with Crippen molar-refractivity contribution in [3.63, 3.8) is 0 Å². The van der Waals surface area contributed by atoms with Crippen LogP contribution in [0.15, 0.2) is 52.2 Å². The Hall–Kier alpha value is -2.68. The highest BCUT2D eigenvalue weighted by Crippen LogP contribution is 2.23. The van der Waals surface area contributed by atoms with Gasteiger partial charge < -0.3 is 9.32 Å². The molecule has 0 bridgehead atoms. The first-order chi connectivity index (χ1) is 12.5. The molecule has 0 fully saturated rings. The highest BCUT2D eigenvalue weighted by Gasteiger charge is 2.22. The van der Waals surface area contributed by atoms with Gasteiger partial charge in [0.05, 0.1) is 11.5 Å². The summed E-state index contributed by atoms with van der Waals surface area (Å²) in [7, 11) is 1.69. The van der Waals surface area contributed by atoms with Crippen LogP contribution in [0.4, 0.5) is 4.39 Å². The normalized spacial score (nSPS) is 12.1. The third-order valence-corrected chi connectivity index (χ3v) is 4.76. The quantitative estimate of drug-likeness (QED) is 0.591. The van der Waals surface area contributed by atoms with E-state index in [0.29, 0.717) is 18.2 Å². The number of carbonyl (C=O) groups is 1. The summed E-state index contributed by atoms with van der Waals surface area (Å²) < 4.78 is 20.2. The Balaban J connectivity index is 1.61. The molecule has 0 saturated carbocycles. The highest BCUT2D eigenvalue weighted by atomic mass is 32.2. The van der Waals surface area contributed by atoms with Crippen molar-refractivity contribution in [2.75, 3.05) is 7.05 Å². The molecule has 9 heteroatoms. The van der Waals surface area contributed by atoms with Crippen molar-refractivity contribution in [3.8, 4) is 0 Å². The van der Waals surface area contributed by atoms with Crippen LogP contribution in [-0.2, 0) is 17.9 Å². The van der Waals surface area contributed by atoms with Gasteiger partial charge in [0.25, 0.3) is 0 Å². The third-order valence-electron chi connectivity index (χ3n) is 3.70. The van der Waals surface area contributed by atoms with Gasteiger partial charge in [0.15, 0.2) is 0 Å². The number of halogens is 1. The van der Waals surface area contributed by atoms with Crippen LogP contribution in [0.5, 0.6) is 0 Å². The second-order valence-corrected chi connectivity index (χ2v) is 7.09. The molecule has 0 aliphatic heterocycles. The SMILES string of the molecule is CC(Sc1nnnn1Cc1ccco1)C(=O)N(C)Cc1cccc(F)c1. The van der Waals surface area contributed by atoms with E-state index in [-0.39, 0.29) is 11.7 Å². The van der Waals surface area contributed by atoms with Gasteiger partial charge in [-0.2, -0.15) is 0 Å². The Kier molecular flexibility index (Phi) is 5.67. The molecule has 3 aromatic rings. The van der Waals surface area contributed by atoms with Crippen LogP contribution < -0.4 is 0 Å². The largest absolute Gasteiger partial charge is 0.467 e. The van der Waals surface area contributed by atoms with Gasteiger partial charge in [-0.3, -0.25) is 4.79 Å². The van der Waals surface area contributed by atoms with Crippen LogP contribution in [0.2, 0.25) is 0 Å². The van der Waals surface area contributed by atoms with Crippen molar-refractivity contribution in [2.45, 2.75) is 30.4 Å². The van der Waals surface area contributed by atoms with Gasteiger partial charge in [-0.1, -0.05) is 23.9 Å². The van der Waals surface area contributed by atoms with Crippen molar-refractivity contribution in [1.29, 1.82) is 0 Å². The minimum Gasteiger partial charge on any atom is -0.467 e. The highest BCUT2D eigenvalue weighted by molar-refractivity contribution is 8.00. The number of benzene rings is 1. The van der Waals surface area contributed by atoms with E-state index in [1.165, 1.54) is 23.9 Å². The number of hydrogen-bond donors (Lipinski definition) is 0. The maximum Gasteiger partial charge on any atom is 0.235 e. The molecular formula is C17H18FN5O2S. The van der Waals surface area contributed by atoms with E-state index < -0.39 is 5.25 Å². The molecule has 1 amide bonds. The Labute approximate surface area is 154 Å². The first kappa shape index (κ1) is 18.1. The van der Waals surface area contributed by atoms with E-state index in [1.807, 2.05) is 6.07 Å². The number of aromatic nitrogens is 4. The van der Waals surface area contributed by atoms with Gasteiger partial charge in [-0.25, -0.2) is 9.07 Å². The monoisotopic (exact) mass is 375 g/mol. The summed E-state index contributed by atoms with van der Waals surface area (Å²) in [4.78, 5) is 14.2. The lowest BCUT2D eigenvalue weighted by Gasteiger charge is -2.21. The van der Waals surface area contributed by atoms with Gasteiger partial charge in [0, 0.05) is 13.6 Å². The molecule has 0 saturated heterocycles. The van der Waals surface area contributed by atoms with Gasteiger partial charge in [-0.15, -0.1) is 5.10 Å². The molecular weight excluding hydrogens is 357 g/mol. The number of rotatable bonds is 7. The molecule has 0 aliphatic carbocycles. The fourth-order valence-corrected chi connectivity index (χ4v) is 3.34. The zero-order chi connectivity index (χ0) is 18.5. The van der Waals surface area contributed by atoms with Crippen molar-refractivity contribution in [2.24, 2.45) is 0 Å². The molecule has 1 aromatic carbocycles. The number of nitrogens with zero attached hydrogens (tertiary/aromatic N) is 5. The fourth-order valence-electron chi connectivity index (χ4n) is 2.44. The maximum absolute atomic E-state index is 13.3. The lowest BCUT2D eigenvalue weighted by molar-refractivity contribution is -0.129. The summed E-state index contributed by atoms with van der Waals surface area (Å²) in [5, 5.41) is 11.7. The van der Waals surface area contributed by atoms with Crippen LogP contribution in [0.3, 0.4) is 0 Å². The zero-order valence-electron chi connectivity index (χ0n) is 14.4. The Morgan fingerprint density at radius 1 is 1.38 bits per heavy atom. The lowest BCUT2D eigenvalue weighted by atomic mass is 10.2. The minimum absolute atomic E-state index is 0.0909. The molecule has 0 spiro atoms. The van der Waals surface area contributed by atoms with E-state index in [2.05, 4.69) is 15.5 Å². The third kappa shape index (κ3) is 4.48. The summed E-state index contributed by atoms with van der Waals surface area (Å²) >= 11 is 1.27. The lowest BCUT2D eigenvalue weighted by Crippen LogP contribution is -2.33. The van der Waals surface area contributed by atoms with Gasteiger partial charge >= 0.3 is 0 Å². The number of hydrogen-bond acceptors (Lipinski definition) is 6.